The van der Waals surface area contributed by atoms with Crippen LogP contribution in [0.25, 0.3) is 0 Å². The van der Waals surface area contributed by atoms with E-state index >= 15 is 0 Å². The smallest absolute Gasteiger partial charge is 0.255 e. The molecular formula is C23H18ClNO3. The third kappa shape index (κ3) is 4.64. The molecule has 3 rings (SSSR count). The van der Waals surface area contributed by atoms with Gasteiger partial charge < -0.3 is 14.8 Å². The number of amides is 1. The predicted molar refractivity (Wildman–Crippen MR) is 111 cm³/mol. The topological polar surface area (TPSA) is 47.6 Å². The van der Waals surface area contributed by atoms with Crippen LogP contribution in [0.3, 0.4) is 0 Å². The number of ether oxygens (including phenoxy) is 2. The van der Waals surface area contributed by atoms with Crippen LogP contribution in [0.2, 0.25) is 5.02 Å². The summed E-state index contributed by atoms with van der Waals surface area (Å²) in [7, 11) is 3.04. The molecule has 0 unspecified atom stereocenters. The number of methoxy groups -OCH3 is 2. The highest BCUT2D eigenvalue weighted by Gasteiger charge is 2.13. The third-order valence-electron chi connectivity index (χ3n) is 3.99. The molecule has 0 aliphatic heterocycles. The highest BCUT2D eigenvalue weighted by Crippen LogP contribution is 2.36. The van der Waals surface area contributed by atoms with Crippen LogP contribution in [0.5, 0.6) is 11.5 Å². The SMILES string of the molecule is COc1cc(Cl)c(NC(=O)c2ccc(C#Cc3ccccc3)cc2)cc1OC. The van der Waals surface area contributed by atoms with Gasteiger partial charge in [-0.3, -0.25) is 4.79 Å². The molecule has 0 saturated carbocycles. The molecule has 0 heterocycles. The van der Waals surface area contributed by atoms with Crippen LogP contribution in [-0.4, -0.2) is 20.1 Å². The minimum atomic E-state index is -0.281. The van der Waals surface area contributed by atoms with Crippen molar-refractivity contribution in [2.75, 3.05) is 19.5 Å². The van der Waals surface area contributed by atoms with E-state index in [4.69, 9.17) is 21.1 Å². The molecule has 28 heavy (non-hydrogen) atoms. The minimum Gasteiger partial charge on any atom is -0.493 e. The molecule has 4 nitrogen and oxygen atoms in total. The molecule has 1 amide bonds. The van der Waals surface area contributed by atoms with Crippen LogP contribution in [0.1, 0.15) is 21.5 Å². The first-order valence-electron chi connectivity index (χ1n) is 8.50. The average molecular weight is 392 g/mol. The fourth-order valence-corrected chi connectivity index (χ4v) is 2.72. The third-order valence-corrected chi connectivity index (χ3v) is 4.31. The number of halogens is 1. The lowest BCUT2D eigenvalue weighted by Gasteiger charge is -2.12. The van der Waals surface area contributed by atoms with Crippen molar-refractivity contribution >= 4 is 23.2 Å². The lowest BCUT2D eigenvalue weighted by molar-refractivity contribution is 0.102. The van der Waals surface area contributed by atoms with Crippen molar-refractivity contribution in [1.82, 2.24) is 0 Å². The van der Waals surface area contributed by atoms with Crippen LogP contribution in [0.4, 0.5) is 5.69 Å². The Morgan fingerprint density at radius 1 is 0.857 bits per heavy atom. The van der Waals surface area contributed by atoms with Gasteiger partial charge in [-0.25, -0.2) is 0 Å². The van der Waals surface area contributed by atoms with E-state index in [1.165, 1.54) is 14.2 Å². The van der Waals surface area contributed by atoms with Gasteiger partial charge in [0.05, 0.1) is 24.9 Å². The number of anilines is 1. The van der Waals surface area contributed by atoms with E-state index in [2.05, 4.69) is 17.2 Å². The lowest BCUT2D eigenvalue weighted by Crippen LogP contribution is -2.12. The molecule has 0 bridgehead atoms. The summed E-state index contributed by atoms with van der Waals surface area (Å²) in [6, 6.07) is 20.0. The first-order valence-corrected chi connectivity index (χ1v) is 8.88. The molecule has 0 aromatic heterocycles. The second kappa shape index (κ2) is 8.98. The highest BCUT2D eigenvalue weighted by molar-refractivity contribution is 6.34. The molecule has 0 saturated heterocycles. The van der Waals surface area contributed by atoms with E-state index in [0.29, 0.717) is 27.8 Å². The summed E-state index contributed by atoms with van der Waals surface area (Å²) in [5.41, 5.74) is 2.70. The predicted octanol–water partition coefficient (Wildman–Crippen LogP) is 5.01. The summed E-state index contributed by atoms with van der Waals surface area (Å²) in [5.74, 6) is 6.86. The molecule has 1 N–H and O–H groups in total. The van der Waals surface area contributed by atoms with Crippen molar-refractivity contribution in [3.8, 4) is 23.3 Å². The van der Waals surface area contributed by atoms with Crippen molar-refractivity contribution in [1.29, 1.82) is 0 Å². The van der Waals surface area contributed by atoms with Crippen LogP contribution < -0.4 is 14.8 Å². The second-order valence-electron chi connectivity index (χ2n) is 5.83. The Kier molecular flexibility index (Phi) is 6.21. The zero-order valence-corrected chi connectivity index (χ0v) is 16.2. The Morgan fingerprint density at radius 3 is 2.04 bits per heavy atom. The maximum Gasteiger partial charge on any atom is 0.255 e. The number of nitrogens with one attached hydrogen (secondary N) is 1. The van der Waals surface area contributed by atoms with Crippen LogP contribution in [0.15, 0.2) is 66.7 Å². The van der Waals surface area contributed by atoms with Crippen molar-refractivity contribution < 1.29 is 14.3 Å². The van der Waals surface area contributed by atoms with Gasteiger partial charge in [0.25, 0.3) is 5.91 Å². The fourth-order valence-electron chi connectivity index (χ4n) is 2.52. The summed E-state index contributed by atoms with van der Waals surface area (Å²) >= 11 is 6.22. The molecule has 0 spiro atoms. The molecule has 0 aliphatic carbocycles. The number of benzene rings is 3. The molecule has 5 heteroatoms. The summed E-state index contributed by atoms with van der Waals surface area (Å²) in [6.45, 7) is 0. The number of rotatable bonds is 4. The summed E-state index contributed by atoms with van der Waals surface area (Å²) in [5, 5.41) is 3.15. The molecular weight excluding hydrogens is 374 g/mol. The Bertz CT molecular complexity index is 1040. The van der Waals surface area contributed by atoms with Gasteiger partial charge in [0.1, 0.15) is 0 Å². The maximum atomic E-state index is 12.5. The van der Waals surface area contributed by atoms with E-state index in [-0.39, 0.29) is 5.91 Å². The molecule has 0 atom stereocenters. The average Bonchev–Trinajstić information content (AvgIpc) is 2.74. The van der Waals surface area contributed by atoms with Crippen LogP contribution in [0, 0.1) is 11.8 Å². The highest BCUT2D eigenvalue weighted by atomic mass is 35.5. The Hall–Kier alpha value is -3.42. The van der Waals surface area contributed by atoms with E-state index in [9.17, 15) is 4.79 Å². The molecule has 0 fully saturated rings. The molecule has 3 aromatic carbocycles. The normalized spacial score (nSPS) is 9.82. The summed E-state index contributed by atoms with van der Waals surface area (Å²) in [4.78, 5) is 12.5. The molecule has 140 valence electrons. The van der Waals surface area contributed by atoms with Gasteiger partial charge >= 0.3 is 0 Å². The van der Waals surface area contributed by atoms with E-state index < -0.39 is 0 Å². The van der Waals surface area contributed by atoms with Gasteiger partial charge in [-0.15, -0.1) is 0 Å². The Labute approximate surface area is 169 Å². The molecule has 0 radical (unpaired) electrons. The van der Waals surface area contributed by atoms with Crippen molar-refractivity contribution in [2.45, 2.75) is 0 Å². The molecule has 0 aliphatic rings. The Morgan fingerprint density at radius 2 is 1.43 bits per heavy atom. The number of hydrogen-bond donors (Lipinski definition) is 1. The number of carbonyl (C=O) groups excluding carboxylic acids is 1. The van der Waals surface area contributed by atoms with Gasteiger partial charge in [0, 0.05) is 28.8 Å². The van der Waals surface area contributed by atoms with E-state index in [0.717, 1.165) is 11.1 Å². The quantitative estimate of drug-likeness (QED) is 0.636. The molecule has 3 aromatic rings. The zero-order chi connectivity index (χ0) is 19.9. The van der Waals surface area contributed by atoms with Gasteiger partial charge in [-0.05, 0) is 36.4 Å². The van der Waals surface area contributed by atoms with Crippen LogP contribution >= 0.6 is 11.6 Å². The fraction of sp³-hybridized carbons (Fsp3) is 0.0870. The standard InChI is InChI=1S/C23H18ClNO3/c1-27-21-14-19(24)20(15-22(21)28-2)25-23(26)18-12-10-17(11-13-18)9-8-16-6-4-3-5-7-16/h3-7,10-15H,1-2H3,(H,25,26). The van der Waals surface area contributed by atoms with Crippen molar-refractivity contribution in [3.05, 3.63) is 88.4 Å². The van der Waals surface area contributed by atoms with Gasteiger partial charge in [-0.2, -0.15) is 0 Å². The van der Waals surface area contributed by atoms with E-state index in [1.54, 1.807) is 36.4 Å². The van der Waals surface area contributed by atoms with Gasteiger partial charge in [0.15, 0.2) is 11.5 Å². The first-order chi connectivity index (χ1) is 13.6. The first kappa shape index (κ1) is 19.3. The van der Waals surface area contributed by atoms with Crippen molar-refractivity contribution in [3.63, 3.8) is 0 Å². The number of carbonyl (C=O) groups is 1. The second-order valence-corrected chi connectivity index (χ2v) is 6.24. The van der Waals surface area contributed by atoms with Gasteiger partial charge in [0.2, 0.25) is 0 Å². The maximum absolute atomic E-state index is 12.5. The largest absolute Gasteiger partial charge is 0.493 e. The summed E-state index contributed by atoms with van der Waals surface area (Å²) < 4.78 is 10.4. The zero-order valence-electron chi connectivity index (χ0n) is 15.5. The van der Waals surface area contributed by atoms with Crippen LogP contribution in [-0.2, 0) is 0 Å². The summed E-state index contributed by atoms with van der Waals surface area (Å²) in [6.07, 6.45) is 0. The minimum absolute atomic E-state index is 0.281. The van der Waals surface area contributed by atoms with Gasteiger partial charge in [-0.1, -0.05) is 41.6 Å². The lowest BCUT2D eigenvalue weighted by atomic mass is 10.1. The number of hydrogen-bond acceptors (Lipinski definition) is 3. The van der Waals surface area contributed by atoms with Crippen molar-refractivity contribution in [2.24, 2.45) is 0 Å². The monoisotopic (exact) mass is 391 g/mol. The van der Waals surface area contributed by atoms with E-state index in [1.807, 2.05) is 30.3 Å². The Balaban J connectivity index is 1.74.